The number of pyridine rings is 1. The van der Waals surface area contributed by atoms with Crippen LogP contribution in [-0.2, 0) is 12.0 Å². The Hall–Kier alpha value is -2.36. The topological polar surface area (TPSA) is 42.2 Å². The zero-order valence-corrected chi connectivity index (χ0v) is 26.7. The Balaban J connectivity index is 1.73. The third-order valence-corrected chi connectivity index (χ3v) is 7.93. The number of rotatable bonds is 20. The third kappa shape index (κ3) is 12.4. The summed E-state index contributed by atoms with van der Waals surface area (Å²) >= 11 is 0. The molecule has 0 spiro atoms. The summed E-state index contributed by atoms with van der Waals surface area (Å²) in [6.07, 6.45) is 21.0. The molecular weight excluding hydrogens is 492 g/mol. The molecule has 0 aliphatic heterocycles. The summed E-state index contributed by atoms with van der Waals surface area (Å²) in [5.74, 6) is 0.918. The fourth-order valence-electron chi connectivity index (χ4n) is 5.32. The second kappa shape index (κ2) is 18.9. The van der Waals surface area contributed by atoms with Crippen LogP contribution in [0.25, 0.3) is 0 Å². The second-order valence-corrected chi connectivity index (χ2v) is 12.5. The molecular formula is C36H59N2O2+. The predicted molar refractivity (Wildman–Crippen MR) is 169 cm³/mol. The van der Waals surface area contributed by atoms with Crippen LogP contribution < -0.4 is 14.6 Å². The number of carbonyl (C=O) groups excluding carboxylic acids is 1. The lowest BCUT2D eigenvalue weighted by atomic mass is 9.84. The third-order valence-electron chi connectivity index (χ3n) is 7.93. The van der Waals surface area contributed by atoms with Crippen LogP contribution in [0, 0.1) is 0 Å². The van der Waals surface area contributed by atoms with E-state index in [0.717, 1.165) is 30.9 Å². The van der Waals surface area contributed by atoms with Gasteiger partial charge in [-0.1, -0.05) is 117 Å². The van der Waals surface area contributed by atoms with E-state index >= 15 is 0 Å². The Kier molecular flexibility index (Phi) is 16.0. The van der Waals surface area contributed by atoms with Crippen LogP contribution in [0.15, 0.2) is 42.6 Å². The predicted octanol–water partition coefficient (Wildman–Crippen LogP) is 9.64. The minimum atomic E-state index is -0.0982. The molecule has 1 aromatic heterocycles. The quantitative estimate of drug-likeness (QED) is 0.131. The van der Waals surface area contributed by atoms with E-state index in [9.17, 15) is 4.79 Å². The molecule has 0 saturated carbocycles. The Bertz CT molecular complexity index is 979. The van der Waals surface area contributed by atoms with E-state index in [0.29, 0.717) is 5.69 Å². The number of benzene rings is 1. The first-order valence-electron chi connectivity index (χ1n) is 16.3. The fourth-order valence-corrected chi connectivity index (χ4v) is 5.32. The standard InChI is InChI=1S/C36H58N2O2/c1-7-9-10-11-12-13-14-15-16-17-18-19-20-23-28-40-34-26-25-31(29-32(34)36(4,5)6)30(3)37-35(39)33-24-21-22-27-38(33)8-2/h21-22,24-27,29-30H,7-20,23,28H2,1-6H3/p+1. The number of hydrogen-bond acceptors (Lipinski definition) is 2. The van der Waals surface area contributed by atoms with Crippen LogP contribution in [0.1, 0.15) is 159 Å². The number of hydrogen-bond donors (Lipinski definition) is 1. The Morgan fingerprint density at radius 2 is 1.40 bits per heavy atom. The van der Waals surface area contributed by atoms with Gasteiger partial charge >= 0.3 is 5.91 Å². The lowest BCUT2D eigenvalue weighted by Gasteiger charge is -2.25. The van der Waals surface area contributed by atoms with Gasteiger partial charge in [-0.05, 0) is 55.0 Å². The van der Waals surface area contributed by atoms with Crippen molar-refractivity contribution in [1.29, 1.82) is 0 Å². The van der Waals surface area contributed by atoms with Crippen molar-refractivity contribution >= 4 is 5.91 Å². The van der Waals surface area contributed by atoms with Crippen LogP contribution in [0.5, 0.6) is 5.75 Å². The summed E-state index contributed by atoms with van der Waals surface area (Å²) in [7, 11) is 0. The van der Waals surface area contributed by atoms with Gasteiger partial charge in [-0.25, -0.2) is 0 Å². The molecule has 224 valence electrons. The zero-order chi connectivity index (χ0) is 29.2. The monoisotopic (exact) mass is 551 g/mol. The maximum Gasteiger partial charge on any atom is 0.316 e. The Labute approximate surface area is 246 Å². The number of nitrogens with one attached hydrogen (secondary N) is 1. The molecule has 1 heterocycles. The molecule has 40 heavy (non-hydrogen) atoms. The molecule has 1 unspecified atom stereocenters. The van der Waals surface area contributed by atoms with Crippen molar-refractivity contribution in [2.24, 2.45) is 0 Å². The van der Waals surface area contributed by atoms with Crippen molar-refractivity contribution in [2.75, 3.05) is 6.61 Å². The molecule has 0 radical (unpaired) electrons. The first-order chi connectivity index (χ1) is 19.3. The van der Waals surface area contributed by atoms with Gasteiger partial charge in [0.05, 0.1) is 12.6 Å². The molecule has 1 amide bonds. The highest BCUT2D eigenvalue weighted by Crippen LogP contribution is 2.34. The zero-order valence-electron chi connectivity index (χ0n) is 26.7. The van der Waals surface area contributed by atoms with Crippen LogP contribution in [-0.4, -0.2) is 12.5 Å². The fraction of sp³-hybridized carbons (Fsp3) is 0.667. The summed E-state index contributed by atoms with van der Waals surface area (Å²) in [5.41, 5.74) is 2.93. The van der Waals surface area contributed by atoms with Crippen molar-refractivity contribution in [3.05, 3.63) is 59.4 Å². The summed E-state index contributed by atoms with van der Waals surface area (Å²) in [5, 5.41) is 3.18. The molecule has 0 aliphatic rings. The molecule has 4 heteroatoms. The van der Waals surface area contributed by atoms with Crippen molar-refractivity contribution in [2.45, 2.75) is 149 Å². The minimum Gasteiger partial charge on any atom is -0.493 e. The lowest BCUT2D eigenvalue weighted by Crippen LogP contribution is -2.43. The van der Waals surface area contributed by atoms with E-state index in [1.807, 2.05) is 42.8 Å². The number of ether oxygens (including phenoxy) is 1. The summed E-state index contributed by atoms with van der Waals surface area (Å²) in [6, 6.07) is 12.0. The van der Waals surface area contributed by atoms with E-state index in [4.69, 9.17) is 4.74 Å². The van der Waals surface area contributed by atoms with Gasteiger partial charge in [-0.2, -0.15) is 4.57 Å². The number of unbranched alkanes of at least 4 members (excludes halogenated alkanes) is 13. The smallest absolute Gasteiger partial charge is 0.316 e. The average molecular weight is 552 g/mol. The van der Waals surface area contributed by atoms with Crippen LogP contribution in [0.4, 0.5) is 0 Å². The SMILES string of the molecule is CCCCCCCCCCCCCCCCOc1ccc(C(C)NC(=O)c2cccc[n+]2CC)cc1C(C)(C)C. The molecule has 2 aromatic rings. The maximum absolute atomic E-state index is 13.0. The van der Waals surface area contributed by atoms with Crippen molar-refractivity contribution in [3.8, 4) is 5.75 Å². The van der Waals surface area contributed by atoms with Crippen LogP contribution in [0.2, 0.25) is 0 Å². The van der Waals surface area contributed by atoms with Gasteiger partial charge in [-0.3, -0.25) is 4.79 Å². The number of nitrogens with zero attached hydrogens (tertiary/aromatic N) is 1. The molecule has 0 bridgehead atoms. The second-order valence-electron chi connectivity index (χ2n) is 12.5. The largest absolute Gasteiger partial charge is 0.493 e. The van der Waals surface area contributed by atoms with Crippen molar-refractivity contribution in [3.63, 3.8) is 0 Å². The molecule has 0 saturated heterocycles. The van der Waals surface area contributed by atoms with E-state index in [1.165, 1.54) is 89.0 Å². The minimum absolute atomic E-state index is 0.0464. The lowest BCUT2D eigenvalue weighted by molar-refractivity contribution is -0.695. The number of aromatic nitrogens is 1. The highest BCUT2D eigenvalue weighted by atomic mass is 16.5. The normalized spacial score (nSPS) is 12.3. The molecule has 1 N–H and O–H groups in total. The molecule has 0 fully saturated rings. The number of carbonyl (C=O) groups is 1. The summed E-state index contributed by atoms with van der Waals surface area (Å²) in [4.78, 5) is 13.0. The molecule has 1 atom stereocenters. The number of amides is 1. The van der Waals surface area contributed by atoms with E-state index < -0.39 is 0 Å². The molecule has 2 rings (SSSR count). The van der Waals surface area contributed by atoms with Gasteiger partial charge in [0.25, 0.3) is 5.69 Å². The van der Waals surface area contributed by atoms with Crippen molar-refractivity contribution < 1.29 is 14.1 Å². The van der Waals surface area contributed by atoms with Gasteiger partial charge in [-0.15, -0.1) is 0 Å². The molecule has 1 aromatic carbocycles. The summed E-state index contributed by atoms with van der Waals surface area (Å²) in [6.45, 7) is 14.6. The van der Waals surface area contributed by atoms with Crippen molar-refractivity contribution in [1.82, 2.24) is 5.32 Å². The van der Waals surface area contributed by atoms with E-state index in [1.54, 1.807) is 0 Å². The first kappa shape index (κ1) is 33.8. The van der Waals surface area contributed by atoms with Gasteiger partial charge in [0.1, 0.15) is 12.3 Å². The van der Waals surface area contributed by atoms with Crippen LogP contribution >= 0.6 is 0 Å². The highest BCUT2D eigenvalue weighted by Gasteiger charge is 2.23. The van der Waals surface area contributed by atoms with Gasteiger partial charge in [0.15, 0.2) is 6.20 Å². The Morgan fingerprint density at radius 3 is 1.95 bits per heavy atom. The number of aryl methyl sites for hydroxylation is 1. The summed E-state index contributed by atoms with van der Waals surface area (Å²) < 4.78 is 8.26. The average Bonchev–Trinajstić information content (AvgIpc) is 2.94. The van der Waals surface area contributed by atoms with E-state index in [2.05, 4.69) is 51.2 Å². The van der Waals surface area contributed by atoms with Gasteiger partial charge in [0, 0.05) is 12.1 Å². The van der Waals surface area contributed by atoms with Gasteiger partial charge < -0.3 is 10.1 Å². The van der Waals surface area contributed by atoms with Gasteiger partial charge in [0.2, 0.25) is 0 Å². The van der Waals surface area contributed by atoms with E-state index in [-0.39, 0.29) is 17.4 Å². The molecule has 0 aliphatic carbocycles. The highest BCUT2D eigenvalue weighted by molar-refractivity contribution is 5.91. The Morgan fingerprint density at radius 1 is 0.825 bits per heavy atom. The first-order valence-corrected chi connectivity index (χ1v) is 16.3. The maximum atomic E-state index is 13.0. The van der Waals surface area contributed by atoms with Crippen LogP contribution in [0.3, 0.4) is 0 Å². The molecule has 4 nitrogen and oxygen atoms in total.